The predicted molar refractivity (Wildman–Crippen MR) is 146 cm³/mol. The summed E-state index contributed by atoms with van der Waals surface area (Å²) in [5.74, 6) is 0.116. The highest BCUT2D eigenvalue weighted by molar-refractivity contribution is 14.1. The van der Waals surface area contributed by atoms with Crippen LogP contribution in [0, 0.1) is 3.57 Å². The minimum Gasteiger partial charge on any atom is -0.342 e. The Labute approximate surface area is 214 Å². The van der Waals surface area contributed by atoms with Gasteiger partial charge in [-0.25, -0.2) is 4.98 Å². The Kier molecular flexibility index (Phi) is 9.79. The van der Waals surface area contributed by atoms with Crippen LogP contribution in [0.2, 0.25) is 0 Å². The van der Waals surface area contributed by atoms with Crippen molar-refractivity contribution in [2.75, 3.05) is 13.1 Å². The fourth-order valence-electron chi connectivity index (χ4n) is 3.66. The molecule has 3 aromatic rings. The van der Waals surface area contributed by atoms with Crippen molar-refractivity contribution in [3.63, 3.8) is 0 Å². The molecule has 1 amide bonds. The molecule has 0 aliphatic heterocycles. The van der Waals surface area contributed by atoms with Crippen LogP contribution >= 0.6 is 34.4 Å². The van der Waals surface area contributed by atoms with Crippen molar-refractivity contribution < 1.29 is 4.79 Å². The van der Waals surface area contributed by atoms with E-state index in [9.17, 15) is 9.59 Å². The van der Waals surface area contributed by atoms with E-state index in [-0.39, 0.29) is 16.7 Å². The Bertz CT molecular complexity index is 1130. The van der Waals surface area contributed by atoms with Gasteiger partial charge in [0.05, 0.1) is 22.7 Å². The quantitative estimate of drug-likeness (QED) is 0.160. The molecule has 0 N–H and O–H groups in total. The van der Waals surface area contributed by atoms with Crippen LogP contribution in [0.3, 0.4) is 0 Å². The van der Waals surface area contributed by atoms with Gasteiger partial charge in [-0.2, -0.15) is 0 Å². The van der Waals surface area contributed by atoms with Crippen LogP contribution in [-0.4, -0.2) is 38.7 Å². The highest BCUT2D eigenvalue weighted by atomic mass is 127. The van der Waals surface area contributed by atoms with E-state index in [2.05, 4.69) is 36.4 Å². The lowest BCUT2D eigenvalue weighted by Gasteiger charge is -2.26. The number of carbonyl (C=O) groups is 1. The molecule has 2 aromatic carbocycles. The monoisotopic (exact) mass is 577 g/mol. The molecule has 33 heavy (non-hydrogen) atoms. The number of hydrogen-bond acceptors (Lipinski definition) is 4. The molecule has 1 atom stereocenters. The van der Waals surface area contributed by atoms with Crippen LogP contribution in [-0.2, 0) is 11.3 Å². The molecule has 0 saturated carbocycles. The highest BCUT2D eigenvalue weighted by Crippen LogP contribution is 2.25. The fraction of sp³-hybridized carbons (Fsp3) is 0.423. The second-order valence-electron chi connectivity index (χ2n) is 8.23. The van der Waals surface area contributed by atoms with Gasteiger partial charge in [0.25, 0.3) is 5.56 Å². The number of unbranched alkanes of at least 4 members (excludes halogenated alkanes) is 2. The van der Waals surface area contributed by atoms with Gasteiger partial charge in [-0.15, -0.1) is 0 Å². The number of nitrogens with zero attached hydrogens (tertiary/aromatic N) is 3. The van der Waals surface area contributed by atoms with Gasteiger partial charge in [0.1, 0.15) is 0 Å². The van der Waals surface area contributed by atoms with E-state index in [0.717, 1.165) is 47.9 Å². The summed E-state index contributed by atoms with van der Waals surface area (Å²) in [6.07, 6.45) is 4.11. The molecule has 5 nitrogen and oxygen atoms in total. The first-order valence-electron chi connectivity index (χ1n) is 11.6. The van der Waals surface area contributed by atoms with Gasteiger partial charge in [-0.1, -0.05) is 68.8 Å². The maximum absolute atomic E-state index is 13.5. The summed E-state index contributed by atoms with van der Waals surface area (Å²) in [5.41, 5.74) is 1.62. The van der Waals surface area contributed by atoms with Crippen molar-refractivity contribution in [2.45, 2.75) is 63.4 Å². The minimum absolute atomic E-state index is 0.0710. The standard InChI is InChI=1S/C26H32IN3O2S/c1-4-6-15-29(16-7-5-2)24(31)19(3)33-26-28-23-14-13-21(27)17-22(23)25(32)30(26)18-20-11-9-8-10-12-20/h8-14,17,19H,4-7,15-16,18H2,1-3H3. The Hall–Kier alpha value is -1.87. The Morgan fingerprint density at radius 2 is 1.76 bits per heavy atom. The van der Waals surface area contributed by atoms with Crippen molar-refractivity contribution in [3.8, 4) is 0 Å². The minimum atomic E-state index is -0.325. The van der Waals surface area contributed by atoms with Gasteiger partial charge in [0, 0.05) is 16.7 Å². The van der Waals surface area contributed by atoms with Crippen molar-refractivity contribution in [1.82, 2.24) is 14.5 Å². The predicted octanol–water partition coefficient (Wildman–Crippen LogP) is 5.96. The average Bonchev–Trinajstić information content (AvgIpc) is 2.82. The van der Waals surface area contributed by atoms with Crippen molar-refractivity contribution in [1.29, 1.82) is 0 Å². The second-order valence-corrected chi connectivity index (χ2v) is 10.8. The van der Waals surface area contributed by atoms with Crippen LogP contribution in [0.15, 0.2) is 58.5 Å². The van der Waals surface area contributed by atoms with E-state index in [1.807, 2.05) is 60.4 Å². The number of fused-ring (bicyclic) bond motifs is 1. The molecule has 0 spiro atoms. The molecule has 1 heterocycles. The molecular weight excluding hydrogens is 545 g/mol. The second kappa shape index (κ2) is 12.6. The Morgan fingerprint density at radius 3 is 2.39 bits per heavy atom. The lowest BCUT2D eigenvalue weighted by atomic mass is 10.2. The first-order valence-corrected chi connectivity index (χ1v) is 13.6. The smallest absolute Gasteiger partial charge is 0.262 e. The van der Waals surface area contributed by atoms with Crippen LogP contribution < -0.4 is 5.56 Å². The van der Waals surface area contributed by atoms with Crippen molar-refractivity contribution >= 4 is 51.2 Å². The number of hydrogen-bond donors (Lipinski definition) is 0. The molecule has 176 valence electrons. The first-order chi connectivity index (χ1) is 15.9. The lowest BCUT2D eigenvalue weighted by Crippen LogP contribution is -2.38. The number of aromatic nitrogens is 2. The van der Waals surface area contributed by atoms with Gasteiger partial charge in [-0.3, -0.25) is 14.2 Å². The summed E-state index contributed by atoms with van der Waals surface area (Å²) in [4.78, 5) is 33.6. The molecular formula is C26H32IN3O2S. The van der Waals surface area contributed by atoms with Crippen molar-refractivity contribution in [2.24, 2.45) is 0 Å². The van der Waals surface area contributed by atoms with Gasteiger partial charge >= 0.3 is 0 Å². The van der Waals surface area contributed by atoms with Crippen LogP contribution in [0.5, 0.6) is 0 Å². The molecule has 3 rings (SSSR count). The van der Waals surface area contributed by atoms with E-state index in [4.69, 9.17) is 4.98 Å². The lowest BCUT2D eigenvalue weighted by molar-refractivity contribution is -0.130. The van der Waals surface area contributed by atoms with E-state index >= 15 is 0 Å². The summed E-state index contributed by atoms with van der Waals surface area (Å²) < 4.78 is 2.71. The van der Waals surface area contributed by atoms with Crippen LogP contribution in [0.4, 0.5) is 0 Å². The number of halogens is 1. The third kappa shape index (κ3) is 6.82. The highest BCUT2D eigenvalue weighted by Gasteiger charge is 2.24. The van der Waals surface area contributed by atoms with Crippen LogP contribution in [0.25, 0.3) is 10.9 Å². The molecule has 0 saturated heterocycles. The largest absolute Gasteiger partial charge is 0.342 e. The van der Waals surface area contributed by atoms with E-state index in [1.54, 1.807) is 4.57 Å². The third-order valence-electron chi connectivity index (χ3n) is 5.57. The molecule has 0 aliphatic rings. The summed E-state index contributed by atoms with van der Waals surface area (Å²) in [5, 5.41) is 0.868. The molecule has 0 bridgehead atoms. The maximum atomic E-state index is 13.5. The van der Waals surface area contributed by atoms with Gasteiger partial charge in [-0.05, 0) is 66.1 Å². The average molecular weight is 578 g/mol. The van der Waals surface area contributed by atoms with E-state index in [0.29, 0.717) is 22.6 Å². The topological polar surface area (TPSA) is 55.2 Å². The number of benzene rings is 2. The van der Waals surface area contributed by atoms with E-state index in [1.165, 1.54) is 11.8 Å². The molecule has 1 unspecified atom stereocenters. The van der Waals surface area contributed by atoms with Crippen molar-refractivity contribution in [3.05, 3.63) is 68.0 Å². The zero-order valence-corrected chi connectivity index (χ0v) is 22.6. The molecule has 0 aliphatic carbocycles. The van der Waals surface area contributed by atoms with Gasteiger partial charge in [0.15, 0.2) is 5.16 Å². The molecule has 7 heteroatoms. The SMILES string of the molecule is CCCCN(CCCC)C(=O)C(C)Sc1nc2ccc(I)cc2c(=O)n1Cc1ccccc1. The summed E-state index contributed by atoms with van der Waals surface area (Å²) >= 11 is 3.60. The Morgan fingerprint density at radius 1 is 1.09 bits per heavy atom. The fourth-order valence-corrected chi connectivity index (χ4v) is 5.15. The molecule has 0 fully saturated rings. The number of rotatable bonds is 11. The van der Waals surface area contributed by atoms with Crippen LogP contribution in [0.1, 0.15) is 52.0 Å². The zero-order chi connectivity index (χ0) is 23.8. The third-order valence-corrected chi connectivity index (χ3v) is 7.32. The van der Waals surface area contributed by atoms with Gasteiger partial charge < -0.3 is 4.90 Å². The molecule has 1 aromatic heterocycles. The van der Waals surface area contributed by atoms with E-state index < -0.39 is 0 Å². The zero-order valence-electron chi connectivity index (χ0n) is 19.6. The first kappa shape index (κ1) is 25.7. The summed E-state index contributed by atoms with van der Waals surface area (Å²) in [6, 6.07) is 15.6. The maximum Gasteiger partial charge on any atom is 0.262 e. The summed E-state index contributed by atoms with van der Waals surface area (Å²) in [6.45, 7) is 8.19. The Balaban J connectivity index is 1.96. The number of amides is 1. The molecule has 0 radical (unpaired) electrons. The van der Waals surface area contributed by atoms with Gasteiger partial charge in [0.2, 0.25) is 5.91 Å². The number of thioether (sulfide) groups is 1. The number of carbonyl (C=O) groups excluding carboxylic acids is 1. The normalized spacial score (nSPS) is 12.1. The summed E-state index contributed by atoms with van der Waals surface area (Å²) in [7, 11) is 0.